The van der Waals surface area contributed by atoms with Crippen LogP contribution in [0.2, 0.25) is 0 Å². The zero-order chi connectivity index (χ0) is 18.3. The maximum atomic E-state index is 12.7. The average molecular weight is 357 g/mol. The molecule has 5 heteroatoms. The van der Waals surface area contributed by atoms with E-state index in [1.165, 1.54) is 5.57 Å². The van der Waals surface area contributed by atoms with E-state index in [-0.39, 0.29) is 18.2 Å². The van der Waals surface area contributed by atoms with Crippen molar-refractivity contribution in [2.75, 3.05) is 13.2 Å². The molecule has 0 radical (unpaired) electrons. The SMILES string of the molecule is CC(C)(C)OC(=O)N1C2C=C(c3ccc4c(c3)OCCO4)CC1CCC2. The topological polar surface area (TPSA) is 48.0 Å². The summed E-state index contributed by atoms with van der Waals surface area (Å²) in [6.07, 6.45) is 6.08. The van der Waals surface area contributed by atoms with Crippen molar-refractivity contribution in [2.45, 2.75) is 64.1 Å². The standard InChI is InChI=1S/C21H27NO4/c1-21(2,3)26-20(23)22-16-5-4-6-17(22)12-15(11-16)14-7-8-18-19(13-14)25-10-9-24-18/h7-8,11,13,16-17H,4-6,9-10,12H2,1-3H3. The third-order valence-electron chi connectivity index (χ3n) is 5.15. The predicted octanol–water partition coefficient (Wildman–Crippen LogP) is 4.40. The highest BCUT2D eigenvalue weighted by Gasteiger charge is 2.39. The molecule has 26 heavy (non-hydrogen) atoms. The molecule has 3 aliphatic heterocycles. The average Bonchev–Trinajstić information content (AvgIpc) is 2.58. The van der Waals surface area contributed by atoms with E-state index in [9.17, 15) is 4.79 Å². The number of nitrogens with zero attached hydrogens (tertiary/aromatic N) is 1. The lowest BCUT2D eigenvalue weighted by Gasteiger charge is -2.45. The van der Waals surface area contributed by atoms with Crippen molar-refractivity contribution in [1.82, 2.24) is 4.90 Å². The van der Waals surface area contributed by atoms with Crippen molar-refractivity contribution < 1.29 is 19.0 Å². The number of carbonyl (C=O) groups excluding carboxylic acids is 1. The molecule has 0 N–H and O–H groups in total. The van der Waals surface area contributed by atoms with Crippen molar-refractivity contribution in [3.63, 3.8) is 0 Å². The fourth-order valence-corrected chi connectivity index (χ4v) is 4.09. The summed E-state index contributed by atoms with van der Waals surface area (Å²) in [5, 5.41) is 0. The van der Waals surface area contributed by atoms with Crippen molar-refractivity contribution in [2.24, 2.45) is 0 Å². The first kappa shape index (κ1) is 17.3. The second-order valence-electron chi connectivity index (χ2n) is 8.29. The van der Waals surface area contributed by atoms with Gasteiger partial charge >= 0.3 is 6.09 Å². The van der Waals surface area contributed by atoms with Gasteiger partial charge in [-0.1, -0.05) is 12.1 Å². The van der Waals surface area contributed by atoms with Crippen LogP contribution < -0.4 is 9.47 Å². The summed E-state index contributed by atoms with van der Waals surface area (Å²) in [4.78, 5) is 14.7. The first-order valence-electron chi connectivity index (χ1n) is 9.53. The van der Waals surface area contributed by atoms with E-state index in [4.69, 9.17) is 14.2 Å². The van der Waals surface area contributed by atoms with E-state index >= 15 is 0 Å². The number of piperidine rings is 1. The largest absolute Gasteiger partial charge is 0.486 e. The quantitative estimate of drug-likeness (QED) is 0.747. The van der Waals surface area contributed by atoms with Crippen molar-refractivity contribution >= 4 is 11.7 Å². The van der Waals surface area contributed by atoms with Gasteiger partial charge in [0.2, 0.25) is 0 Å². The molecule has 0 aliphatic carbocycles. The highest BCUT2D eigenvalue weighted by atomic mass is 16.6. The van der Waals surface area contributed by atoms with Gasteiger partial charge in [0.1, 0.15) is 18.8 Å². The van der Waals surface area contributed by atoms with Crippen molar-refractivity contribution in [1.29, 1.82) is 0 Å². The fraction of sp³-hybridized carbons (Fsp3) is 0.571. The normalized spacial score (nSPS) is 24.7. The van der Waals surface area contributed by atoms with Crippen LogP contribution in [0.4, 0.5) is 4.79 Å². The van der Waals surface area contributed by atoms with Crippen LogP contribution in [0.5, 0.6) is 11.5 Å². The molecular formula is C21H27NO4. The lowest BCUT2D eigenvalue weighted by molar-refractivity contribution is 0.0000827. The van der Waals surface area contributed by atoms with E-state index in [2.05, 4.69) is 18.2 Å². The van der Waals surface area contributed by atoms with Gasteiger partial charge in [-0.2, -0.15) is 0 Å². The number of benzene rings is 1. The lowest BCUT2D eigenvalue weighted by atomic mass is 9.83. The maximum absolute atomic E-state index is 12.7. The Morgan fingerprint density at radius 1 is 1.15 bits per heavy atom. The Morgan fingerprint density at radius 3 is 2.65 bits per heavy atom. The van der Waals surface area contributed by atoms with E-state index in [1.54, 1.807) is 0 Å². The molecule has 140 valence electrons. The zero-order valence-corrected chi connectivity index (χ0v) is 15.8. The lowest BCUT2D eigenvalue weighted by Crippen LogP contribution is -2.53. The molecule has 1 saturated heterocycles. The smallest absolute Gasteiger partial charge is 0.411 e. The summed E-state index contributed by atoms with van der Waals surface area (Å²) in [5.74, 6) is 1.63. The third-order valence-corrected chi connectivity index (χ3v) is 5.15. The molecular weight excluding hydrogens is 330 g/mol. The van der Waals surface area contributed by atoms with Crippen molar-refractivity contribution in [3.05, 3.63) is 29.8 Å². The minimum atomic E-state index is -0.467. The van der Waals surface area contributed by atoms with Crippen LogP contribution in [0.15, 0.2) is 24.3 Å². The summed E-state index contributed by atoms with van der Waals surface area (Å²) >= 11 is 0. The Hall–Kier alpha value is -2.17. The van der Waals surface area contributed by atoms with Crippen LogP contribution >= 0.6 is 0 Å². The molecule has 1 fully saturated rings. The Labute approximate surface area is 154 Å². The number of amides is 1. The molecule has 0 spiro atoms. The van der Waals surface area contributed by atoms with Gasteiger partial charge in [-0.3, -0.25) is 4.90 Å². The van der Waals surface area contributed by atoms with Gasteiger partial charge in [0.05, 0.1) is 6.04 Å². The van der Waals surface area contributed by atoms with Crippen LogP contribution in [-0.4, -0.2) is 41.9 Å². The van der Waals surface area contributed by atoms with E-state index < -0.39 is 5.60 Å². The van der Waals surface area contributed by atoms with Crippen LogP contribution in [0, 0.1) is 0 Å². The molecule has 0 saturated carbocycles. The number of ether oxygens (including phenoxy) is 3. The first-order chi connectivity index (χ1) is 12.4. The number of rotatable bonds is 1. The van der Waals surface area contributed by atoms with Gasteiger partial charge in [0, 0.05) is 6.04 Å². The monoisotopic (exact) mass is 357 g/mol. The number of hydrogen-bond acceptors (Lipinski definition) is 4. The molecule has 2 unspecified atom stereocenters. The van der Waals surface area contributed by atoms with Gasteiger partial charge in [-0.15, -0.1) is 0 Å². The predicted molar refractivity (Wildman–Crippen MR) is 99.5 cm³/mol. The van der Waals surface area contributed by atoms with Crippen LogP contribution in [-0.2, 0) is 4.74 Å². The molecule has 1 aromatic rings. The molecule has 3 heterocycles. The highest BCUT2D eigenvalue weighted by molar-refractivity contribution is 5.75. The summed E-state index contributed by atoms with van der Waals surface area (Å²) < 4.78 is 17.0. The molecule has 2 atom stereocenters. The van der Waals surface area contributed by atoms with Crippen LogP contribution in [0.25, 0.3) is 5.57 Å². The van der Waals surface area contributed by atoms with Gasteiger partial charge < -0.3 is 14.2 Å². The molecule has 2 bridgehead atoms. The zero-order valence-electron chi connectivity index (χ0n) is 15.8. The molecule has 1 aromatic carbocycles. The van der Waals surface area contributed by atoms with Crippen molar-refractivity contribution in [3.8, 4) is 11.5 Å². The van der Waals surface area contributed by atoms with Gasteiger partial charge in [0.25, 0.3) is 0 Å². The molecule has 4 rings (SSSR count). The van der Waals surface area contributed by atoms with E-state index in [0.29, 0.717) is 13.2 Å². The second-order valence-corrected chi connectivity index (χ2v) is 8.29. The van der Waals surface area contributed by atoms with E-state index in [0.717, 1.165) is 42.7 Å². The molecule has 1 amide bonds. The van der Waals surface area contributed by atoms with Gasteiger partial charge in [0.15, 0.2) is 11.5 Å². The number of fused-ring (bicyclic) bond motifs is 3. The summed E-state index contributed by atoms with van der Waals surface area (Å²) in [6.45, 7) is 6.94. The summed E-state index contributed by atoms with van der Waals surface area (Å²) in [6, 6.07) is 6.47. The Balaban J connectivity index is 1.59. The van der Waals surface area contributed by atoms with Gasteiger partial charge in [-0.25, -0.2) is 4.79 Å². The summed E-state index contributed by atoms with van der Waals surface area (Å²) in [7, 11) is 0. The molecule has 5 nitrogen and oxygen atoms in total. The Kier molecular flexibility index (Phi) is 4.33. The number of carbonyl (C=O) groups is 1. The fourth-order valence-electron chi connectivity index (χ4n) is 4.09. The highest BCUT2D eigenvalue weighted by Crippen LogP contribution is 2.40. The van der Waals surface area contributed by atoms with Crippen LogP contribution in [0.3, 0.4) is 0 Å². The van der Waals surface area contributed by atoms with Crippen LogP contribution in [0.1, 0.15) is 52.0 Å². The third kappa shape index (κ3) is 3.39. The van der Waals surface area contributed by atoms with E-state index in [1.807, 2.05) is 31.7 Å². The molecule has 0 aromatic heterocycles. The minimum absolute atomic E-state index is 0.112. The Morgan fingerprint density at radius 2 is 1.92 bits per heavy atom. The first-order valence-corrected chi connectivity index (χ1v) is 9.53. The second kappa shape index (κ2) is 6.53. The number of hydrogen-bond donors (Lipinski definition) is 0. The molecule has 3 aliphatic rings. The van der Waals surface area contributed by atoms with Gasteiger partial charge in [-0.05, 0) is 69.7 Å². The summed E-state index contributed by atoms with van der Waals surface area (Å²) in [5.41, 5.74) is 1.98. The maximum Gasteiger partial charge on any atom is 0.411 e. The minimum Gasteiger partial charge on any atom is -0.486 e. The Bertz CT molecular complexity index is 734.